The maximum atomic E-state index is 12.1. The van der Waals surface area contributed by atoms with Crippen molar-refractivity contribution in [2.24, 2.45) is 0 Å². The highest BCUT2D eigenvalue weighted by atomic mass is 32.2. The minimum atomic E-state index is -3.82. The molecule has 0 bridgehead atoms. The topological polar surface area (TPSA) is 67.1 Å². The monoisotopic (exact) mass is 305 g/mol. The molecule has 1 heterocycles. The normalized spacial score (nSPS) is 11.1. The zero-order chi connectivity index (χ0) is 15.5. The number of amides is 1. The van der Waals surface area contributed by atoms with Crippen LogP contribution in [0, 0.1) is 13.8 Å². The standard InChI is InChI=1S/C15H16N2O3S/c1-12-3-5-14(6-4-12)21(19,20)16-15(18)11-17-9-7-13(2)8-10-17/h3-10H,11H2,1-2H3/p+1. The molecule has 1 aromatic carbocycles. The molecule has 0 aliphatic heterocycles. The summed E-state index contributed by atoms with van der Waals surface area (Å²) in [7, 11) is -3.82. The van der Waals surface area contributed by atoms with Crippen LogP contribution in [0.2, 0.25) is 0 Å². The second kappa shape index (κ2) is 6.05. The second-order valence-electron chi connectivity index (χ2n) is 4.89. The van der Waals surface area contributed by atoms with Crippen molar-refractivity contribution in [3.63, 3.8) is 0 Å². The van der Waals surface area contributed by atoms with E-state index in [1.54, 1.807) is 29.1 Å². The first-order chi connectivity index (χ1) is 9.87. The fourth-order valence-corrected chi connectivity index (χ4v) is 2.74. The SMILES string of the molecule is Cc1ccc(S(=O)(=O)NC(=O)C[n+]2ccc(C)cc2)cc1. The largest absolute Gasteiger partial charge is 0.299 e. The van der Waals surface area contributed by atoms with Gasteiger partial charge in [-0.3, -0.25) is 4.79 Å². The molecule has 1 N–H and O–H groups in total. The Morgan fingerprint density at radius 1 is 1.00 bits per heavy atom. The molecular formula is C15H17N2O3S+. The molecule has 110 valence electrons. The quantitative estimate of drug-likeness (QED) is 0.860. The van der Waals surface area contributed by atoms with E-state index in [2.05, 4.69) is 4.72 Å². The summed E-state index contributed by atoms with van der Waals surface area (Å²) in [5.74, 6) is -0.579. The van der Waals surface area contributed by atoms with Crippen molar-refractivity contribution in [2.75, 3.05) is 0 Å². The Balaban J connectivity index is 2.07. The molecule has 21 heavy (non-hydrogen) atoms. The number of carbonyl (C=O) groups is 1. The van der Waals surface area contributed by atoms with E-state index in [1.807, 2.05) is 26.0 Å². The van der Waals surface area contributed by atoms with Gasteiger partial charge in [-0.1, -0.05) is 17.7 Å². The van der Waals surface area contributed by atoms with Gasteiger partial charge < -0.3 is 0 Å². The third-order valence-corrected chi connectivity index (χ3v) is 4.35. The Morgan fingerprint density at radius 3 is 2.10 bits per heavy atom. The van der Waals surface area contributed by atoms with Gasteiger partial charge in [0.2, 0.25) is 6.54 Å². The van der Waals surface area contributed by atoms with E-state index in [-0.39, 0.29) is 11.4 Å². The molecule has 0 radical (unpaired) electrons. The van der Waals surface area contributed by atoms with Crippen LogP contribution in [0.25, 0.3) is 0 Å². The van der Waals surface area contributed by atoms with E-state index in [4.69, 9.17) is 0 Å². The zero-order valence-electron chi connectivity index (χ0n) is 11.9. The molecule has 0 aliphatic carbocycles. The number of hydrogen-bond donors (Lipinski definition) is 1. The smallest absolute Gasteiger partial charge is 0.267 e. The van der Waals surface area contributed by atoms with E-state index >= 15 is 0 Å². The lowest BCUT2D eigenvalue weighted by Gasteiger charge is -2.05. The van der Waals surface area contributed by atoms with Gasteiger partial charge in [0.05, 0.1) is 4.90 Å². The molecule has 0 saturated heterocycles. The minimum absolute atomic E-state index is 0.0502. The third kappa shape index (κ3) is 4.13. The van der Waals surface area contributed by atoms with Crippen molar-refractivity contribution in [1.82, 2.24) is 4.72 Å². The number of aryl methyl sites for hydroxylation is 2. The highest BCUT2D eigenvalue weighted by Gasteiger charge is 2.19. The maximum absolute atomic E-state index is 12.1. The van der Waals surface area contributed by atoms with Crippen molar-refractivity contribution >= 4 is 15.9 Å². The summed E-state index contributed by atoms with van der Waals surface area (Å²) in [6.45, 7) is 3.75. The number of carbonyl (C=O) groups excluding carboxylic acids is 1. The number of nitrogens with one attached hydrogen (secondary N) is 1. The third-order valence-electron chi connectivity index (χ3n) is 2.96. The predicted octanol–water partition coefficient (Wildman–Crippen LogP) is 1.10. The summed E-state index contributed by atoms with van der Waals surface area (Å²) in [5.41, 5.74) is 2.02. The number of benzene rings is 1. The predicted molar refractivity (Wildman–Crippen MR) is 77.9 cm³/mol. The van der Waals surface area contributed by atoms with Gasteiger partial charge in [0.15, 0.2) is 12.4 Å². The molecule has 6 heteroatoms. The first-order valence-electron chi connectivity index (χ1n) is 6.45. The molecule has 1 aromatic heterocycles. The van der Waals surface area contributed by atoms with Crippen LogP contribution in [-0.4, -0.2) is 14.3 Å². The van der Waals surface area contributed by atoms with E-state index in [1.165, 1.54) is 12.1 Å². The summed E-state index contributed by atoms with van der Waals surface area (Å²) in [6.07, 6.45) is 3.46. The Hall–Kier alpha value is -2.21. The van der Waals surface area contributed by atoms with Crippen LogP contribution in [0.4, 0.5) is 0 Å². The Labute approximate surface area is 124 Å². The summed E-state index contributed by atoms with van der Waals surface area (Å²) < 4.78 is 27.8. The lowest BCUT2D eigenvalue weighted by Crippen LogP contribution is -2.44. The van der Waals surface area contributed by atoms with Gasteiger partial charge in [0, 0.05) is 12.1 Å². The molecule has 0 spiro atoms. The van der Waals surface area contributed by atoms with Crippen molar-refractivity contribution in [1.29, 1.82) is 0 Å². The highest BCUT2D eigenvalue weighted by molar-refractivity contribution is 7.90. The maximum Gasteiger partial charge on any atom is 0.299 e. The van der Waals surface area contributed by atoms with Crippen LogP contribution in [0.3, 0.4) is 0 Å². The highest BCUT2D eigenvalue weighted by Crippen LogP contribution is 2.09. The van der Waals surface area contributed by atoms with Crippen LogP contribution in [0.1, 0.15) is 11.1 Å². The summed E-state index contributed by atoms with van der Waals surface area (Å²) in [5, 5.41) is 0. The van der Waals surface area contributed by atoms with Gasteiger partial charge >= 0.3 is 0 Å². The van der Waals surface area contributed by atoms with E-state index in [0.29, 0.717) is 0 Å². The van der Waals surface area contributed by atoms with Gasteiger partial charge in [-0.15, -0.1) is 0 Å². The van der Waals surface area contributed by atoms with E-state index < -0.39 is 15.9 Å². The Bertz CT molecular complexity index is 735. The van der Waals surface area contributed by atoms with Crippen LogP contribution in [0.5, 0.6) is 0 Å². The molecular weight excluding hydrogens is 288 g/mol. The number of aromatic nitrogens is 1. The van der Waals surface area contributed by atoms with Gasteiger partial charge in [-0.25, -0.2) is 13.1 Å². The molecule has 2 rings (SSSR count). The molecule has 0 atom stereocenters. The average molecular weight is 305 g/mol. The van der Waals surface area contributed by atoms with E-state index in [9.17, 15) is 13.2 Å². The lowest BCUT2D eigenvalue weighted by atomic mass is 10.2. The molecule has 0 aliphatic rings. The van der Waals surface area contributed by atoms with Gasteiger partial charge in [-0.05, 0) is 31.5 Å². The molecule has 1 amide bonds. The first kappa shape index (κ1) is 15.2. The number of sulfonamides is 1. The van der Waals surface area contributed by atoms with Crippen molar-refractivity contribution < 1.29 is 17.8 Å². The molecule has 0 saturated carbocycles. The van der Waals surface area contributed by atoms with Gasteiger partial charge in [-0.2, -0.15) is 4.57 Å². The zero-order valence-corrected chi connectivity index (χ0v) is 12.7. The minimum Gasteiger partial charge on any atom is -0.267 e. The number of nitrogens with zero attached hydrogens (tertiary/aromatic N) is 1. The van der Waals surface area contributed by atoms with Crippen molar-refractivity contribution in [2.45, 2.75) is 25.3 Å². The summed E-state index contributed by atoms with van der Waals surface area (Å²) >= 11 is 0. The fraction of sp³-hybridized carbons (Fsp3) is 0.200. The summed E-state index contributed by atoms with van der Waals surface area (Å²) in [4.78, 5) is 11.9. The van der Waals surface area contributed by atoms with Crippen LogP contribution >= 0.6 is 0 Å². The number of rotatable bonds is 4. The van der Waals surface area contributed by atoms with Gasteiger partial charge in [0.1, 0.15) is 0 Å². The van der Waals surface area contributed by atoms with Crippen molar-refractivity contribution in [3.05, 3.63) is 59.9 Å². The molecule has 0 fully saturated rings. The average Bonchev–Trinajstić information content (AvgIpc) is 2.41. The lowest BCUT2D eigenvalue weighted by molar-refractivity contribution is -0.684. The molecule has 0 unspecified atom stereocenters. The van der Waals surface area contributed by atoms with E-state index in [0.717, 1.165) is 11.1 Å². The first-order valence-corrected chi connectivity index (χ1v) is 7.93. The molecule has 5 nitrogen and oxygen atoms in total. The Kier molecular flexibility index (Phi) is 4.37. The molecule has 2 aromatic rings. The van der Waals surface area contributed by atoms with Crippen LogP contribution in [-0.2, 0) is 21.4 Å². The number of pyridine rings is 1. The van der Waals surface area contributed by atoms with Crippen molar-refractivity contribution in [3.8, 4) is 0 Å². The van der Waals surface area contributed by atoms with Gasteiger partial charge in [0.25, 0.3) is 15.9 Å². The number of hydrogen-bond acceptors (Lipinski definition) is 3. The van der Waals surface area contributed by atoms with Crippen LogP contribution < -0.4 is 9.29 Å². The Morgan fingerprint density at radius 2 is 1.52 bits per heavy atom. The summed E-state index contributed by atoms with van der Waals surface area (Å²) in [6, 6.07) is 10.0. The van der Waals surface area contributed by atoms with Crippen LogP contribution in [0.15, 0.2) is 53.7 Å². The second-order valence-corrected chi connectivity index (χ2v) is 6.57. The fourth-order valence-electron chi connectivity index (χ4n) is 1.76.